The van der Waals surface area contributed by atoms with Crippen LogP contribution in [0, 0.1) is 0 Å². The number of furan rings is 1. The zero-order valence-electron chi connectivity index (χ0n) is 16.3. The van der Waals surface area contributed by atoms with Gasteiger partial charge in [0.25, 0.3) is 5.91 Å². The molecule has 0 radical (unpaired) electrons. The number of alkyl halides is 3. The molecular formula is C21H17ClF3NO5. The van der Waals surface area contributed by atoms with Gasteiger partial charge in [0.1, 0.15) is 23.7 Å². The zero-order chi connectivity index (χ0) is 23.0. The second-order valence-electron chi connectivity index (χ2n) is 7.22. The van der Waals surface area contributed by atoms with Gasteiger partial charge in [-0.25, -0.2) is 4.79 Å². The molecule has 2 N–H and O–H groups in total. The average molecular weight is 456 g/mol. The van der Waals surface area contributed by atoms with Crippen LogP contribution in [0.5, 0.6) is 5.75 Å². The monoisotopic (exact) mass is 455 g/mol. The normalized spacial score (nSPS) is 12.1. The van der Waals surface area contributed by atoms with E-state index >= 15 is 0 Å². The van der Waals surface area contributed by atoms with E-state index in [9.17, 15) is 27.9 Å². The molecule has 10 heteroatoms. The van der Waals surface area contributed by atoms with Gasteiger partial charge in [-0.15, -0.1) is 0 Å². The van der Waals surface area contributed by atoms with Crippen molar-refractivity contribution >= 4 is 34.2 Å². The quantitative estimate of drug-likeness (QED) is 0.528. The first-order valence-electron chi connectivity index (χ1n) is 8.96. The summed E-state index contributed by atoms with van der Waals surface area (Å²) < 4.78 is 48.7. The first-order valence-corrected chi connectivity index (χ1v) is 9.34. The van der Waals surface area contributed by atoms with E-state index in [0.29, 0.717) is 10.8 Å². The minimum absolute atomic E-state index is 0.0312. The van der Waals surface area contributed by atoms with Crippen molar-refractivity contribution in [2.75, 3.05) is 0 Å². The van der Waals surface area contributed by atoms with E-state index < -0.39 is 36.0 Å². The van der Waals surface area contributed by atoms with E-state index in [2.05, 4.69) is 5.32 Å². The third-order valence-corrected chi connectivity index (χ3v) is 4.76. The number of hydrogen-bond acceptors (Lipinski definition) is 4. The summed E-state index contributed by atoms with van der Waals surface area (Å²) in [5, 5.41) is 12.8. The van der Waals surface area contributed by atoms with Crippen LogP contribution in [0.1, 0.15) is 35.7 Å². The third kappa shape index (κ3) is 4.77. The number of fused-ring (bicyclic) bond motifs is 1. The Morgan fingerprint density at radius 2 is 1.77 bits per heavy atom. The van der Waals surface area contributed by atoms with Gasteiger partial charge in [-0.05, 0) is 32.0 Å². The summed E-state index contributed by atoms with van der Waals surface area (Å²) in [5.74, 6) is -3.28. The number of amides is 1. The maximum atomic E-state index is 12.8. The molecule has 1 aromatic heterocycles. The van der Waals surface area contributed by atoms with Gasteiger partial charge in [0, 0.05) is 15.8 Å². The summed E-state index contributed by atoms with van der Waals surface area (Å²) in [6.45, 7) is 2.21. The number of halogens is 4. The number of rotatable bonds is 6. The number of aliphatic carboxylic acids is 1. The number of ether oxygens (including phenoxy) is 1. The molecule has 0 saturated carbocycles. The smallest absolute Gasteiger partial charge is 0.449 e. The van der Waals surface area contributed by atoms with Crippen molar-refractivity contribution in [1.82, 2.24) is 5.32 Å². The highest BCUT2D eigenvalue weighted by Gasteiger charge is 2.35. The molecule has 0 aliphatic heterocycles. The second-order valence-corrected chi connectivity index (χ2v) is 7.62. The van der Waals surface area contributed by atoms with Crippen molar-refractivity contribution in [3.8, 4) is 5.75 Å². The fourth-order valence-corrected chi connectivity index (χ4v) is 3.06. The lowest BCUT2D eigenvalue weighted by Gasteiger charge is -2.22. The highest BCUT2D eigenvalue weighted by atomic mass is 35.5. The summed E-state index contributed by atoms with van der Waals surface area (Å²) in [6, 6.07) is 9.91. The Morgan fingerprint density at radius 3 is 2.35 bits per heavy atom. The van der Waals surface area contributed by atoms with Crippen LogP contribution < -0.4 is 10.1 Å². The molecule has 6 nitrogen and oxygen atoms in total. The second kappa shape index (κ2) is 8.14. The van der Waals surface area contributed by atoms with E-state index in [-0.39, 0.29) is 22.1 Å². The number of benzene rings is 2. The Bertz CT molecular complexity index is 1150. The highest BCUT2D eigenvalue weighted by molar-refractivity contribution is 6.36. The summed E-state index contributed by atoms with van der Waals surface area (Å²) >= 11 is 6.29. The van der Waals surface area contributed by atoms with Gasteiger partial charge >= 0.3 is 12.1 Å². The summed E-state index contributed by atoms with van der Waals surface area (Å²) in [5.41, 5.74) is -1.66. The predicted molar refractivity (Wildman–Crippen MR) is 106 cm³/mol. The molecule has 164 valence electrons. The summed E-state index contributed by atoms with van der Waals surface area (Å²) in [7, 11) is 0. The van der Waals surface area contributed by atoms with Crippen LogP contribution in [0.15, 0.2) is 46.9 Å². The van der Waals surface area contributed by atoms with E-state index in [0.717, 1.165) is 12.1 Å². The Labute approximate surface area is 179 Å². The Kier molecular flexibility index (Phi) is 5.91. The molecule has 3 rings (SSSR count). The van der Waals surface area contributed by atoms with E-state index in [4.69, 9.17) is 20.8 Å². The first kappa shape index (κ1) is 22.5. The maximum Gasteiger partial charge on any atom is 0.449 e. The Balaban J connectivity index is 2.01. The molecule has 1 heterocycles. The van der Waals surface area contributed by atoms with Crippen LogP contribution in [0.4, 0.5) is 13.2 Å². The fraction of sp³-hybridized carbons (Fsp3) is 0.238. The molecule has 1 amide bonds. The summed E-state index contributed by atoms with van der Waals surface area (Å²) in [4.78, 5) is 24.2. The number of carboxylic acids is 1. The molecular weight excluding hydrogens is 439 g/mol. The third-order valence-electron chi connectivity index (χ3n) is 4.45. The van der Waals surface area contributed by atoms with Crippen molar-refractivity contribution in [3.05, 3.63) is 64.6 Å². The van der Waals surface area contributed by atoms with Crippen molar-refractivity contribution < 1.29 is 37.0 Å². The van der Waals surface area contributed by atoms with E-state index in [1.807, 2.05) is 0 Å². The minimum atomic E-state index is -4.64. The zero-order valence-corrected chi connectivity index (χ0v) is 17.1. The average Bonchev–Trinajstić information content (AvgIpc) is 3.16. The Morgan fingerprint density at radius 1 is 1.13 bits per heavy atom. The molecule has 0 aliphatic carbocycles. The topological polar surface area (TPSA) is 88.8 Å². The lowest BCUT2D eigenvalue weighted by atomic mass is 10.0. The van der Waals surface area contributed by atoms with Crippen molar-refractivity contribution in [2.24, 2.45) is 0 Å². The number of carbonyl (C=O) groups excluding carboxylic acids is 1. The molecule has 0 aliphatic rings. The van der Waals surface area contributed by atoms with E-state index in [1.165, 1.54) is 19.9 Å². The molecule has 0 unspecified atom stereocenters. The fourth-order valence-electron chi connectivity index (χ4n) is 2.78. The first-order chi connectivity index (χ1) is 14.4. The van der Waals surface area contributed by atoms with Crippen molar-refractivity contribution in [3.63, 3.8) is 0 Å². The van der Waals surface area contributed by atoms with Gasteiger partial charge in [0.15, 0.2) is 0 Å². The Hall–Kier alpha value is -3.20. The van der Waals surface area contributed by atoms with Gasteiger partial charge in [0.05, 0.1) is 5.56 Å². The molecule has 0 bridgehead atoms. The van der Waals surface area contributed by atoms with Crippen LogP contribution in [0.25, 0.3) is 10.8 Å². The van der Waals surface area contributed by atoms with Crippen LogP contribution in [-0.2, 0) is 17.6 Å². The molecule has 31 heavy (non-hydrogen) atoms. The number of hydrogen-bond donors (Lipinski definition) is 2. The van der Waals surface area contributed by atoms with Crippen molar-refractivity contribution in [1.29, 1.82) is 0 Å². The number of carbonyl (C=O) groups is 2. The minimum Gasteiger partial charge on any atom is -0.484 e. The molecule has 0 fully saturated rings. The summed E-state index contributed by atoms with van der Waals surface area (Å²) in [6.07, 6.45) is -4.64. The predicted octanol–water partition coefficient (Wildman–Crippen LogP) is 5.28. The van der Waals surface area contributed by atoms with Gasteiger partial charge in [-0.1, -0.05) is 35.9 Å². The lowest BCUT2D eigenvalue weighted by Crippen LogP contribution is -2.49. The molecule has 0 saturated heterocycles. The standard InChI is InChI=1S/C21H17ClF3NO5/c1-20(2,19(28)29)26-18(27)14-9-15(22)12-5-3-4-6-13(12)17(14)30-10-11-7-8-16(31-11)21(23,24)25/h3-9H,10H2,1-2H3,(H,26,27)(H,28,29). The van der Waals surface area contributed by atoms with Gasteiger partial charge in [0.2, 0.25) is 5.76 Å². The van der Waals surface area contributed by atoms with Crippen molar-refractivity contribution in [2.45, 2.75) is 32.2 Å². The highest BCUT2D eigenvalue weighted by Crippen LogP contribution is 2.36. The molecule has 3 aromatic rings. The van der Waals surface area contributed by atoms with E-state index in [1.54, 1.807) is 24.3 Å². The maximum absolute atomic E-state index is 12.8. The van der Waals surface area contributed by atoms with Crippen LogP contribution >= 0.6 is 11.6 Å². The molecule has 0 atom stereocenters. The van der Waals surface area contributed by atoms with Crippen LogP contribution in [0.2, 0.25) is 5.02 Å². The SMILES string of the molecule is CC(C)(NC(=O)c1cc(Cl)c2ccccc2c1OCc1ccc(C(F)(F)F)o1)C(=O)O. The lowest BCUT2D eigenvalue weighted by molar-refractivity contribution is -0.153. The number of nitrogens with one attached hydrogen (secondary N) is 1. The molecule has 2 aromatic carbocycles. The van der Waals surface area contributed by atoms with Gasteiger partial charge in [-0.3, -0.25) is 4.79 Å². The van der Waals surface area contributed by atoms with Gasteiger partial charge in [-0.2, -0.15) is 13.2 Å². The number of carboxylic acid groups (broad SMARTS) is 1. The van der Waals surface area contributed by atoms with Gasteiger partial charge < -0.3 is 19.6 Å². The van der Waals surface area contributed by atoms with Crippen LogP contribution in [-0.4, -0.2) is 22.5 Å². The largest absolute Gasteiger partial charge is 0.484 e. The molecule has 0 spiro atoms. The van der Waals surface area contributed by atoms with Crippen LogP contribution in [0.3, 0.4) is 0 Å².